The minimum atomic E-state index is -1.16. The van der Waals surface area contributed by atoms with Crippen LogP contribution in [0.15, 0.2) is 30.7 Å². The van der Waals surface area contributed by atoms with E-state index in [2.05, 4.69) is 16.0 Å². The van der Waals surface area contributed by atoms with Crippen molar-refractivity contribution in [3.63, 3.8) is 0 Å². The van der Waals surface area contributed by atoms with Crippen molar-refractivity contribution in [1.29, 1.82) is 5.26 Å². The van der Waals surface area contributed by atoms with E-state index in [-0.39, 0.29) is 29.0 Å². The first kappa shape index (κ1) is 19.4. The van der Waals surface area contributed by atoms with E-state index in [9.17, 15) is 9.90 Å². The second-order valence-electron chi connectivity index (χ2n) is 7.42. The number of aromatic nitrogens is 2. The highest BCUT2D eigenvalue weighted by atomic mass is 19.1. The number of carboxylic acid groups (broad SMARTS) is 1. The standard InChI is InChI=1S/C21H19FN6O2/c1-10-15(7-26-9-17(10)24)14-4-12-5-18(27-8-16(12)20(25)19(14)22)28(21(29)30)13-2-11(3-13)6-23/h4-5,7-9,11,13H,2-3,24-25H2,1H3,(H,29,30)/t11-,13-. The molecule has 1 aliphatic rings. The van der Waals surface area contributed by atoms with Crippen molar-refractivity contribution in [1.82, 2.24) is 9.97 Å². The molecule has 0 bridgehead atoms. The Morgan fingerprint density at radius 3 is 2.67 bits per heavy atom. The summed E-state index contributed by atoms with van der Waals surface area (Å²) in [4.78, 5) is 21.2. The van der Waals surface area contributed by atoms with E-state index in [0.29, 0.717) is 40.4 Å². The number of anilines is 3. The van der Waals surface area contributed by atoms with E-state index in [4.69, 9.17) is 16.7 Å². The first-order chi connectivity index (χ1) is 14.3. The number of fused-ring (bicyclic) bond motifs is 1. The minimum absolute atomic E-state index is 0.0848. The van der Waals surface area contributed by atoms with Gasteiger partial charge < -0.3 is 16.6 Å². The van der Waals surface area contributed by atoms with Crippen molar-refractivity contribution in [2.75, 3.05) is 16.4 Å². The van der Waals surface area contributed by atoms with Crippen molar-refractivity contribution in [3.8, 4) is 17.2 Å². The molecule has 0 spiro atoms. The average molecular weight is 406 g/mol. The van der Waals surface area contributed by atoms with Gasteiger partial charge in [-0.05, 0) is 42.8 Å². The first-order valence-electron chi connectivity index (χ1n) is 9.31. The van der Waals surface area contributed by atoms with Crippen LogP contribution in [0.5, 0.6) is 0 Å². The summed E-state index contributed by atoms with van der Waals surface area (Å²) in [6, 6.07) is 4.98. The van der Waals surface area contributed by atoms with Gasteiger partial charge in [0.25, 0.3) is 0 Å². The molecule has 152 valence electrons. The lowest BCUT2D eigenvalue weighted by molar-refractivity contribution is 0.189. The van der Waals surface area contributed by atoms with Gasteiger partial charge in [0.15, 0.2) is 5.82 Å². The third kappa shape index (κ3) is 3.03. The normalized spacial score (nSPS) is 17.9. The van der Waals surface area contributed by atoms with Gasteiger partial charge in [-0.1, -0.05) is 0 Å². The number of benzene rings is 1. The van der Waals surface area contributed by atoms with Crippen LogP contribution in [0.3, 0.4) is 0 Å². The number of nitrogens with zero attached hydrogens (tertiary/aromatic N) is 4. The van der Waals surface area contributed by atoms with Crippen molar-refractivity contribution >= 4 is 34.1 Å². The lowest BCUT2D eigenvalue weighted by atomic mass is 9.80. The highest BCUT2D eigenvalue weighted by Crippen LogP contribution is 2.38. The topological polar surface area (TPSA) is 142 Å². The highest BCUT2D eigenvalue weighted by molar-refractivity contribution is 5.99. The molecule has 0 radical (unpaired) electrons. The summed E-state index contributed by atoms with van der Waals surface area (Å²) in [5, 5.41) is 19.6. The number of nitrogen functional groups attached to an aromatic ring is 2. The quantitative estimate of drug-likeness (QED) is 0.563. The number of nitrogens with two attached hydrogens (primary N) is 2. The maximum atomic E-state index is 15.0. The Labute approximate surface area is 171 Å². The smallest absolute Gasteiger partial charge is 0.413 e. The van der Waals surface area contributed by atoms with Gasteiger partial charge in [0, 0.05) is 34.9 Å². The fourth-order valence-electron chi connectivity index (χ4n) is 3.77. The second-order valence-corrected chi connectivity index (χ2v) is 7.42. The van der Waals surface area contributed by atoms with E-state index in [0.717, 1.165) is 4.90 Å². The van der Waals surface area contributed by atoms with Crippen molar-refractivity contribution < 1.29 is 14.3 Å². The lowest BCUT2D eigenvalue weighted by Gasteiger charge is -2.37. The molecular formula is C21H19FN6O2. The molecule has 0 atom stereocenters. The summed E-state index contributed by atoms with van der Waals surface area (Å²) in [5.41, 5.74) is 13.7. The highest BCUT2D eigenvalue weighted by Gasteiger charge is 2.37. The predicted molar refractivity (Wildman–Crippen MR) is 111 cm³/mol. The van der Waals surface area contributed by atoms with Crippen LogP contribution < -0.4 is 16.4 Å². The lowest BCUT2D eigenvalue weighted by Crippen LogP contribution is -2.47. The second kappa shape index (κ2) is 7.15. The Kier molecular flexibility index (Phi) is 4.62. The molecule has 1 amide bonds. The molecule has 1 aromatic carbocycles. The number of halogens is 1. The summed E-state index contributed by atoms with van der Waals surface area (Å²) in [6.07, 6.45) is 4.11. The zero-order valence-electron chi connectivity index (χ0n) is 16.1. The number of hydrogen-bond acceptors (Lipinski definition) is 6. The summed E-state index contributed by atoms with van der Waals surface area (Å²) >= 11 is 0. The minimum Gasteiger partial charge on any atom is -0.465 e. The fourth-order valence-corrected chi connectivity index (χ4v) is 3.77. The first-order valence-corrected chi connectivity index (χ1v) is 9.31. The summed E-state index contributed by atoms with van der Waals surface area (Å²) in [6.45, 7) is 1.76. The molecule has 0 saturated heterocycles. The molecule has 0 unspecified atom stereocenters. The number of nitriles is 1. The SMILES string of the molecule is Cc1c(N)cncc1-c1cc2cc(N(C(=O)O)[C@H]3C[C@H](C#N)C3)ncc2c(N)c1F. The van der Waals surface area contributed by atoms with E-state index in [1.54, 1.807) is 19.1 Å². The van der Waals surface area contributed by atoms with Gasteiger partial charge in [0.05, 0.1) is 29.6 Å². The molecule has 0 aliphatic heterocycles. The number of hydrogen-bond donors (Lipinski definition) is 3. The Morgan fingerprint density at radius 2 is 2.00 bits per heavy atom. The van der Waals surface area contributed by atoms with E-state index < -0.39 is 11.9 Å². The summed E-state index contributed by atoms with van der Waals surface area (Å²) in [7, 11) is 0. The Hall–Kier alpha value is -3.93. The zero-order valence-corrected chi connectivity index (χ0v) is 16.1. The average Bonchev–Trinajstić information content (AvgIpc) is 2.68. The van der Waals surface area contributed by atoms with E-state index in [1.807, 2.05) is 0 Å². The molecule has 1 saturated carbocycles. The van der Waals surface area contributed by atoms with E-state index in [1.165, 1.54) is 18.6 Å². The summed E-state index contributed by atoms with van der Waals surface area (Å²) in [5.74, 6) is -0.568. The van der Waals surface area contributed by atoms with Crippen molar-refractivity contribution in [2.24, 2.45) is 5.92 Å². The van der Waals surface area contributed by atoms with Gasteiger partial charge in [0.2, 0.25) is 0 Å². The number of pyridine rings is 2. The third-order valence-corrected chi connectivity index (χ3v) is 5.64. The van der Waals surface area contributed by atoms with E-state index >= 15 is 4.39 Å². The van der Waals surface area contributed by atoms with Crippen molar-refractivity contribution in [2.45, 2.75) is 25.8 Å². The monoisotopic (exact) mass is 406 g/mol. The van der Waals surface area contributed by atoms with Crippen LogP contribution in [-0.2, 0) is 0 Å². The molecule has 1 fully saturated rings. The Bertz CT molecular complexity index is 1220. The molecule has 9 heteroatoms. The predicted octanol–water partition coefficient (Wildman–Crippen LogP) is 3.70. The number of rotatable bonds is 3. The number of amides is 1. The molecule has 30 heavy (non-hydrogen) atoms. The zero-order chi connectivity index (χ0) is 21.6. The van der Waals surface area contributed by atoms with Crippen LogP contribution >= 0.6 is 0 Å². The third-order valence-electron chi connectivity index (χ3n) is 5.64. The molecular weight excluding hydrogens is 387 g/mol. The summed E-state index contributed by atoms with van der Waals surface area (Å²) < 4.78 is 15.0. The van der Waals surface area contributed by atoms with Crippen LogP contribution in [0.4, 0.5) is 26.4 Å². The van der Waals surface area contributed by atoms with Gasteiger partial charge >= 0.3 is 6.09 Å². The molecule has 2 heterocycles. The van der Waals surface area contributed by atoms with Gasteiger partial charge in [-0.3, -0.25) is 9.88 Å². The van der Waals surface area contributed by atoms with Gasteiger partial charge in [-0.2, -0.15) is 5.26 Å². The fraction of sp³-hybridized carbons (Fsp3) is 0.238. The molecule has 8 nitrogen and oxygen atoms in total. The van der Waals surface area contributed by atoms with Gasteiger partial charge in [-0.15, -0.1) is 0 Å². The van der Waals surface area contributed by atoms with Crippen LogP contribution in [0, 0.1) is 30.0 Å². The maximum Gasteiger partial charge on any atom is 0.413 e. The largest absolute Gasteiger partial charge is 0.465 e. The molecule has 2 aromatic heterocycles. The number of carbonyl (C=O) groups is 1. The van der Waals surface area contributed by atoms with Crippen LogP contribution in [0.25, 0.3) is 21.9 Å². The molecule has 3 aromatic rings. The van der Waals surface area contributed by atoms with Gasteiger partial charge in [-0.25, -0.2) is 14.2 Å². The van der Waals surface area contributed by atoms with Crippen LogP contribution in [-0.4, -0.2) is 27.2 Å². The van der Waals surface area contributed by atoms with Crippen LogP contribution in [0.2, 0.25) is 0 Å². The van der Waals surface area contributed by atoms with Gasteiger partial charge in [0.1, 0.15) is 5.82 Å². The maximum absolute atomic E-state index is 15.0. The van der Waals surface area contributed by atoms with Crippen LogP contribution in [0.1, 0.15) is 18.4 Å². The van der Waals surface area contributed by atoms with Crippen molar-refractivity contribution in [3.05, 3.63) is 42.1 Å². The molecule has 4 rings (SSSR count). The Morgan fingerprint density at radius 1 is 1.27 bits per heavy atom. The molecule has 1 aliphatic carbocycles. The Balaban J connectivity index is 1.84. The molecule has 5 N–H and O–H groups in total.